The highest BCUT2D eigenvalue weighted by molar-refractivity contribution is 6.46. The minimum Gasteiger partial charge on any atom is -0.507 e. The summed E-state index contributed by atoms with van der Waals surface area (Å²) in [7, 11) is 2.96. The summed E-state index contributed by atoms with van der Waals surface area (Å²) < 4.78 is 10.4. The van der Waals surface area contributed by atoms with Gasteiger partial charge in [-0.1, -0.05) is 30.3 Å². The molecule has 1 amide bonds. The van der Waals surface area contributed by atoms with Gasteiger partial charge in [-0.05, 0) is 23.8 Å². The molecule has 28 heavy (non-hydrogen) atoms. The standard InChI is InChI=1S/C21H21NO6/c1-27-15-9-8-14(12-16(15)28-2)19(24)17-18(13-6-4-3-5-7-13)22(10-11-23)21(26)20(17)25/h3-9,12,18,23-24H,10-11H2,1-2H3/b19-17+. The number of ether oxygens (including phenoxy) is 2. The lowest BCUT2D eigenvalue weighted by Crippen LogP contribution is -2.32. The van der Waals surface area contributed by atoms with E-state index in [9.17, 15) is 19.8 Å². The van der Waals surface area contributed by atoms with Crippen LogP contribution in [0.25, 0.3) is 5.76 Å². The molecular weight excluding hydrogens is 362 g/mol. The third-order valence-electron chi connectivity index (χ3n) is 4.65. The van der Waals surface area contributed by atoms with Gasteiger partial charge >= 0.3 is 0 Å². The Morgan fingerprint density at radius 3 is 2.32 bits per heavy atom. The number of methoxy groups -OCH3 is 2. The summed E-state index contributed by atoms with van der Waals surface area (Å²) in [6.45, 7) is -0.320. The van der Waals surface area contributed by atoms with Gasteiger partial charge in [0, 0.05) is 12.1 Å². The van der Waals surface area contributed by atoms with E-state index in [0.29, 0.717) is 22.6 Å². The maximum Gasteiger partial charge on any atom is 0.295 e. The van der Waals surface area contributed by atoms with E-state index in [1.54, 1.807) is 36.4 Å². The van der Waals surface area contributed by atoms with E-state index < -0.39 is 17.7 Å². The van der Waals surface area contributed by atoms with Crippen LogP contribution in [0.5, 0.6) is 11.5 Å². The van der Waals surface area contributed by atoms with Crippen LogP contribution in [0.15, 0.2) is 54.1 Å². The number of hydrogen-bond acceptors (Lipinski definition) is 6. The maximum atomic E-state index is 12.7. The third-order valence-corrected chi connectivity index (χ3v) is 4.65. The van der Waals surface area contributed by atoms with E-state index in [-0.39, 0.29) is 24.5 Å². The number of Topliss-reactive ketones (excluding diaryl/α,β-unsaturated/α-hetero) is 1. The molecule has 2 aromatic rings. The smallest absolute Gasteiger partial charge is 0.295 e. The molecular formula is C21H21NO6. The summed E-state index contributed by atoms with van der Waals surface area (Å²) in [6.07, 6.45) is 0. The molecule has 0 radical (unpaired) electrons. The Morgan fingerprint density at radius 1 is 1.04 bits per heavy atom. The van der Waals surface area contributed by atoms with Crippen LogP contribution in [0, 0.1) is 0 Å². The topological polar surface area (TPSA) is 96.3 Å². The minimum atomic E-state index is -0.797. The third kappa shape index (κ3) is 3.32. The van der Waals surface area contributed by atoms with E-state index in [0.717, 1.165) is 0 Å². The number of carbonyl (C=O) groups is 2. The molecule has 1 atom stereocenters. The summed E-state index contributed by atoms with van der Waals surface area (Å²) in [5, 5.41) is 20.3. The van der Waals surface area contributed by atoms with E-state index in [4.69, 9.17) is 9.47 Å². The maximum absolute atomic E-state index is 12.7. The molecule has 3 rings (SSSR count). The van der Waals surface area contributed by atoms with Crippen LogP contribution in [0.4, 0.5) is 0 Å². The summed E-state index contributed by atoms with van der Waals surface area (Å²) in [5.41, 5.74) is 0.953. The highest BCUT2D eigenvalue weighted by Crippen LogP contribution is 2.40. The van der Waals surface area contributed by atoms with Crippen molar-refractivity contribution in [3.8, 4) is 11.5 Å². The van der Waals surface area contributed by atoms with E-state index in [2.05, 4.69) is 0 Å². The Labute approximate surface area is 162 Å². The van der Waals surface area contributed by atoms with Gasteiger partial charge < -0.3 is 24.6 Å². The molecule has 1 unspecified atom stereocenters. The van der Waals surface area contributed by atoms with Gasteiger partial charge in [0.2, 0.25) is 0 Å². The molecule has 2 N–H and O–H groups in total. The van der Waals surface area contributed by atoms with Crippen molar-refractivity contribution in [1.82, 2.24) is 4.90 Å². The second-order valence-electron chi connectivity index (χ2n) is 6.20. The van der Waals surface area contributed by atoms with Gasteiger partial charge in [0.05, 0.1) is 32.4 Å². The molecule has 7 heteroatoms. The molecule has 1 aliphatic rings. The number of aliphatic hydroxyl groups excluding tert-OH is 2. The average Bonchev–Trinajstić information content (AvgIpc) is 2.98. The van der Waals surface area contributed by atoms with Crippen molar-refractivity contribution in [2.24, 2.45) is 0 Å². The van der Waals surface area contributed by atoms with Gasteiger partial charge in [-0.15, -0.1) is 0 Å². The first-order valence-corrected chi connectivity index (χ1v) is 8.70. The molecule has 2 aromatic carbocycles. The number of benzene rings is 2. The fourth-order valence-electron chi connectivity index (χ4n) is 3.34. The molecule has 1 heterocycles. The molecule has 0 aliphatic carbocycles. The highest BCUT2D eigenvalue weighted by Gasteiger charge is 2.45. The second-order valence-corrected chi connectivity index (χ2v) is 6.20. The Balaban J connectivity index is 2.18. The lowest BCUT2D eigenvalue weighted by Gasteiger charge is -2.24. The summed E-state index contributed by atoms with van der Waals surface area (Å²) in [4.78, 5) is 26.5. The van der Waals surface area contributed by atoms with Gasteiger partial charge in [0.1, 0.15) is 5.76 Å². The molecule has 146 valence electrons. The van der Waals surface area contributed by atoms with Gasteiger partial charge in [-0.2, -0.15) is 0 Å². The van der Waals surface area contributed by atoms with Crippen molar-refractivity contribution in [2.75, 3.05) is 27.4 Å². The van der Waals surface area contributed by atoms with E-state index >= 15 is 0 Å². The Hall–Kier alpha value is -3.32. The molecule has 7 nitrogen and oxygen atoms in total. The van der Waals surface area contributed by atoms with Crippen LogP contribution in [-0.2, 0) is 9.59 Å². The van der Waals surface area contributed by atoms with Crippen molar-refractivity contribution >= 4 is 17.4 Å². The first-order chi connectivity index (χ1) is 13.5. The predicted octanol–water partition coefficient (Wildman–Crippen LogP) is 2.12. The van der Waals surface area contributed by atoms with Crippen molar-refractivity contribution < 1.29 is 29.3 Å². The minimum absolute atomic E-state index is 0.0210. The summed E-state index contributed by atoms with van der Waals surface area (Å²) in [5.74, 6) is -1.01. The van der Waals surface area contributed by atoms with E-state index in [1.807, 2.05) is 6.07 Å². The molecule has 1 aliphatic heterocycles. The second kappa shape index (κ2) is 8.14. The number of ketones is 1. The predicted molar refractivity (Wildman–Crippen MR) is 102 cm³/mol. The zero-order chi connectivity index (χ0) is 20.3. The molecule has 1 fully saturated rings. The first kappa shape index (κ1) is 19.4. The summed E-state index contributed by atoms with van der Waals surface area (Å²) >= 11 is 0. The zero-order valence-electron chi connectivity index (χ0n) is 15.6. The average molecular weight is 383 g/mol. The summed E-state index contributed by atoms with van der Waals surface area (Å²) in [6, 6.07) is 12.8. The van der Waals surface area contributed by atoms with Gasteiger partial charge in [0.25, 0.3) is 11.7 Å². The quantitative estimate of drug-likeness (QED) is 0.451. The van der Waals surface area contributed by atoms with Crippen molar-refractivity contribution in [3.05, 3.63) is 65.2 Å². The molecule has 0 bridgehead atoms. The van der Waals surface area contributed by atoms with Crippen molar-refractivity contribution in [2.45, 2.75) is 6.04 Å². The van der Waals surface area contributed by atoms with Crippen LogP contribution in [0.2, 0.25) is 0 Å². The molecule has 0 spiro atoms. The Morgan fingerprint density at radius 2 is 1.71 bits per heavy atom. The van der Waals surface area contributed by atoms with Crippen LogP contribution in [0.1, 0.15) is 17.2 Å². The number of amides is 1. The van der Waals surface area contributed by atoms with Crippen LogP contribution >= 0.6 is 0 Å². The fraction of sp³-hybridized carbons (Fsp3) is 0.238. The monoisotopic (exact) mass is 383 g/mol. The number of aliphatic hydroxyl groups is 2. The SMILES string of the molecule is COc1ccc(/C(O)=C2\C(=O)C(=O)N(CCO)C2c2ccccc2)cc1OC. The first-order valence-electron chi connectivity index (χ1n) is 8.70. The van der Waals surface area contributed by atoms with Gasteiger partial charge in [-0.25, -0.2) is 0 Å². The fourth-order valence-corrected chi connectivity index (χ4v) is 3.34. The highest BCUT2D eigenvalue weighted by atomic mass is 16.5. The lowest BCUT2D eigenvalue weighted by molar-refractivity contribution is -0.140. The number of likely N-dealkylation sites (tertiary alicyclic amines) is 1. The molecule has 0 aromatic heterocycles. The molecule has 0 saturated carbocycles. The van der Waals surface area contributed by atoms with Crippen LogP contribution in [-0.4, -0.2) is 54.2 Å². The number of β-amino-alcohol motifs (C(OH)–C–C–N with tert-alkyl or cyclic N) is 1. The number of hydrogen-bond donors (Lipinski definition) is 2. The number of rotatable bonds is 6. The normalized spacial score (nSPS) is 18.4. The van der Waals surface area contributed by atoms with Crippen molar-refractivity contribution in [1.29, 1.82) is 0 Å². The Bertz CT molecular complexity index is 922. The zero-order valence-corrected chi connectivity index (χ0v) is 15.6. The van der Waals surface area contributed by atoms with Gasteiger partial charge in [-0.3, -0.25) is 9.59 Å². The van der Waals surface area contributed by atoms with Crippen LogP contribution < -0.4 is 9.47 Å². The lowest BCUT2D eigenvalue weighted by atomic mass is 9.95. The number of carbonyl (C=O) groups excluding carboxylic acids is 2. The van der Waals surface area contributed by atoms with Gasteiger partial charge in [0.15, 0.2) is 11.5 Å². The Kier molecular flexibility index (Phi) is 5.65. The number of nitrogens with zero attached hydrogens (tertiary/aromatic N) is 1. The van der Waals surface area contributed by atoms with Crippen LogP contribution in [0.3, 0.4) is 0 Å². The van der Waals surface area contributed by atoms with Crippen molar-refractivity contribution in [3.63, 3.8) is 0 Å². The van der Waals surface area contributed by atoms with E-state index in [1.165, 1.54) is 25.2 Å². The largest absolute Gasteiger partial charge is 0.507 e. The molecule has 1 saturated heterocycles.